The molecule has 0 bridgehead atoms. The van der Waals surface area contributed by atoms with Crippen molar-refractivity contribution in [2.45, 2.75) is 6.54 Å². The van der Waals surface area contributed by atoms with Crippen LogP contribution >= 0.6 is 11.6 Å². The van der Waals surface area contributed by atoms with E-state index < -0.39 is 0 Å². The van der Waals surface area contributed by atoms with Gasteiger partial charge in [0.25, 0.3) is 0 Å². The number of nitrogens with two attached hydrogens (primary N) is 1. The summed E-state index contributed by atoms with van der Waals surface area (Å²) in [5.74, 6) is -0.0123. The SMILES string of the molecule is Nc1ccc[n+](Cc2ccccc2C(=O)c2ccc(Cl)cc2)c1. The topological polar surface area (TPSA) is 47.0 Å². The standard InChI is InChI=1S/C19H16ClN2O/c20-16-9-7-14(8-10-16)19(23)18-6-2-1-4-15(18)12-22-11-3-5-17(21)13-22/h1-11,13H,12,21H2/q+1. The molecule has 23 heavy (non-hydrogen) atoms. The number of aromatic nitrogens is 1. The van der Waals surface area contributed by atoms with Crippen LogP contribution in [0.3, 0.4) is 0 Å². The molecule has 4 heteroatoms. The molecule has 0 atom stereocenters. The van der Waals surface area contributed by atoms with Crippen molar-refractivity contribution in [2.24, 2.45) is 0 Å². The van der Waals surface area contributed by atoms with Crippen LogP contribution in [0.5, 0.6) is 0 Å². The van der Waals surface area contributed by atoms with Crippen LogP contribution in [0.25, 0.3) is 0 Å². The van der Waals surface area contributed by atoms with Crippen molar-refractivity contribution in [2.75, 3.05) is 5.73 Å². The fourth-order valence-electron chi connectivity index (χ4n) is 2.47. The molecule has 0 radical (unpaired) electrons. The summed E-state index contributed by atoms with van der Waals surface area (Å²) in [6.07, 6.45) is 3.78. The third-order valence-electron chi connectivity index (χ3n) is 3.60. The molecule has 3 aromatic rings. The first-order valence-electron chi connectivity index (χ1n) is 7.26. The number of carbonyl (C=O) groups excluding carboxylic acids is 1. The van der Waals surface area contributed by atoms with E-state index in [0.717, 1.165) is 5.56 Å². The first kappa shape index (κ1) is 15.3. The Morgan fingerprint density at radius 1 is 1.00 bits per heavy atom. The lowest BCUT2D eigenvalue weighted by atomic mass is 9.98. The zero-order valence-electron chi connectivity index (χ0n) is 12.4. The van der Waals surface area contributed by atoms with Gasteiger partial charge in [-0.05, 0) is 30.3 Å². The van der Waals surface area contributed by atoms with Gasteiger partial charge in [0.1, 0.15) is 0 Å². The Bertz CT molecular complexity index is 844. The maximum atomic E-state index is 12.8. The van der Waals surface area contributed by atoms with Gasteiger partial charge in [-0.2, -0.15) is 4.57 Å². The summed E-state index contributed by atoms with van der Waals surface area (Å²) in [7, 11) is 0. The Hall–Kier alpha value is -2.65. The first-order chi connectivity index (χ1) is 11.1. The molecule has 1 aromatic heterocycles. The second-order valence-corrected chi connectivity index (χ2v) is 5.74. The minimum atomic E-state index is -0.0123. The second kappa shape index (κ2) is 6.63. The summed E-state index contributed by atoms with van der Waals surface area (Å²) in [5.41, 5.74) is 8.76. The molecule has 0 aliphatic rings. The molecule has 2 aromatic carbocycles. The smallest absolute Gasteiger partial charge is 0.193 e. The predicted molar refractivity (Wildman–Crippen MR) is 91.5 cm³/mol. The monoisotopic (exact) mass is 323 g/mol. The third kappa shape index (κ3) is 3.58. The Kier molecular flexibility index (Phi) is 4.40. The number of halogens is 1. The third-order valence-corrected chi connectivity index (χ3v) is 3.85. The van der Waals surface area contributed by atoms with Gasteiger partial charge in [-0.15, -0.1) is 0 Å². The molecule has 0 aliphatic carbocycles. The van der Waals surface area contributed by atoms with Crippen molar-refractivity contribution in [1.29, 1.82) is 0 Å². The van der Waals surface area contributed by atoms with Crippen molar-refractivity contribution in [3.8, 4) is 0 Å². The highest BCUT2D eigenvalue weighted by molar-refractivity contribution is 6.30. The Labute approximate surface area is 140 Å². The largest absolute Gasteiger partial charge is 0.394 e. The minimum absolute atomic E-state index is 0.0123. The highest BCUT2D eigenvalue weighted by atomic mass is 35.5. The Balaban J connectivity index is 1.94. The normalized spacial score (nSPS) is 10.5. The molecule has 114 valence electrons. The first-order valence-corrected chi connectivity index (χ1v) is 7.64. The van der Waals surface area contributed by atoms with Crippen LogP contribution in [0.2, 0.25) is 5.02 Å². The maximum Gasteiger partial charge on any atom is 0.193 e. The zero-order chi connectivity index (χ0) is 16.2. The van der Waals surface area contributed by atoms with Gasteiger partial charge in [-0.3, -0.25) is 4.79 Å². The molecular formula is C19H16ClN2O+. The van der Waals surface area contributed by atoms with Crippen LogP contribution in [0.4, 0.5) is 5.69 Å². The van der Waals surface area contributed by atoms with Crippen LogP contribution in [0, 0.1) is 0 Å². The van der Waals surface area contributed by atoms with Crippen LogP contribution in [-0.2, 0) is 6.54 Å². The maximum absolute atomic E-state index is 12.8. The number of hydrogen-bond acceptors (Lipinski definition) is 2. The highest BCUT2D eigenvalue weighted by Crippen LogP contribution is 2.17. The Morgan fingerprint density at radius 2 is 1.74 bits per heavy atom. The molecule has 2 N–H and O–H groups in total. The lowest BCUT2D eigenvalue weighted by Gasteiger charge is -2.07. The van der Waals surface area contributed by atoms with Crippen LogP contribution < -0.4 is 10.3 Å². The van der Waals surface area contributed by atoms with Crippen LogP contribution in [-0.4, -0.2) is 5.78 Å². The molecule has 0 amide bonds. The molecular weight excluding hydrogens is 308 g/mol. The fourth-order valence-corrected chi connectivity index (χ4v) is 2.60. The minimum Gasteiger partial charge on any atom is -0.394 e. The van der Waals surface area contributed by atoms with Gasteiger partial charge in [0, 0.05) is 27.8 Å². The number of nitrogen functional groups attached to an aromatic ring is 1. The number of pyridine rings is 1. The summed E-state index contributed by atoms with van der Waals surface area (Å²) < 4.78 is 1.96. The lowest BCUT2D eigenvalue weighted by molar-refractivity contribution is -0.687. The van der Waals surface area contributed by atoms with E-state index in [0.29, 0.717) is 28.4 Å². The quantitative estimate of drug-likeness (QED) is 0.590. The molecule has 0 saturated carbocycles. The van der Waals surface area contributed by atoms with Gasteiger partial charge in [0.05, 0.1) is 5.69 Å². The molecule has 0 saturated heterocycles. The van der Waals surface area contributed by atoms with Gasteiger partial charge in [0.2, 0.25) is 0 Å². The number of carbonyl (C=O) groups is 1. The van der Waals surface area contributed by atoms with Gasteiger partial charge in [-0.1, -0.05) is 35.9 Å². The molecule has 0 unspecified atom stereocenters. The van der Waals surface area contributed by atoms with Crippen molar-refractivity contribution in [3.05, 3.63) is 94.8 Å². The molecule has 0 spiro atoms. The van der Waals surface area contributed by atoms with E-state index in [1.807, 2.05) is 53.4 Å². The fraction of sp³-hybridized carbons (Fsp3) is 0.0526. The zero-order valence-corrected chi connectivity index (χ0v) is 13.2. The Morgan fingerprint density at radius 3 is 2.48 bits per heavy atom. The van der Waals surface area contributed by atoms with Crippen LogP contribution in [0.15, 0.2) is 73.1 Å². The molecule has 0 fully saturated rings. The summed E-state index contributed by atoms with van der Waals surface area (Å²) >= 11 is 5.89. The summed E-state index contributed by atoms with van der Waals surface area (Å²) in [5, 5.41) is 0.616. The van der Waals surface area contributed by atoms with Gasteiger partial charge in [-0.25, -0.2) is 0 Å². The number of anilines is 1. The van der Waals surface area contributed by atoms with Gasteiger partial charge in [0.15, 0.2) is 24.7 Å². The molecule has 3 nitrogen and oxygen atoms in total. The molecule has 3 rings (SSSR count). The average molecular weight is 324 g/mol. The van der Waals surface area contributed by atoms with E-state index >= 15 is 0 Å². The van der Waals surface area contributed by atoms with E-state index in [1.54, 1.807) is 24.3 Å². The van der Waals surface area contributed by atoms with Crippen molar-refractivity contribution in [1.82, 2.24) is 0 Å². The van der Waals surface area contributed by atoms with E-state index in [9.17, 15) is 4.79 Å². The number of ketones is 1. The number of nitrogens with zero attached hydrogens (tertiary/aromatic N) is 1. The van der Waals surface area contributed by atoms with E-state index in [1.165, 1.54) is 0 Å². The van der Waals surface area contributed by atoms with Gasteiger partial charge >= 0.3 is 0 Å². The van der Waals surface area contributed by atoms with Crippen molar-refractivity contribution >= 4 is 23.1 Å². The summed E-state index contributed by atoms with van der Waals surface area (Å²) in [6, 6.07) is 18.3. The van der Waals surface area contributed by atoms with Crippen molar-refractivity contribution < 1.29 is 9.36 Å². The van der Waals surface area contributed by atoms with E-state index in [-0.39, 0.29) is 5.78 Å². The molecule has 1 heterocycles. The van der Waals surface area contributed by atoms with E-state index in [4.69, 9.17) is 17.3 Å². The highest BCUT2D eigenvalue weighted by Gasteiger charge is 2.15. The second-order valence-electron chi connectivity index (χ2n) is 5.30. The number of rotatable bonds is 4. The summed E-state index contributed by atoms with van der Waals surface area (Å²) in [4.78, 5) is 12.8. The van der Waals surface area contributed by atoms with E-state index in [2.05, 4.69) is 0 Å². The predicted octanol–water partition coefficient (Wildman–Crippen LogP) is 3.49. The molecule has 0 aliphatic heterocycles. The summed E-state index contributed by atoms with van der Waals surface area (Å²) in [6.45, 7) is 0.584. The lowest BCUT2D eigenvalue weighted by Crippen LogP contribution is -2.34. The average Bonchev–Trinajstić information content (AvgIpc) is 2.55. The van der Waals surface area contributed by atoms with Crippen LogP contribution in [0.1, 0.15) is 21.5 Å². The number of benzene rings is 2. The van der Waals surface area contributed by atoms with Crippen molar-refractivity contribution in [3.63, 3.8) is 0 Å². The van der Waals surface area contributed by atoms with Gasteiger partial charge < -0.3 is 5.73 Å². The number of hydrogen-bond donors (Lipinski definition) is 1.